The van der Waals surface area contributed by atoms with Crippen LogP contribution in [0.1, 0.15) is 24.8 Å². The van der Waals surface area contributed by atoms with Gasteiger partial charge in [0, 0.05) is 22.9 Å². The fraction of sp³-hybridized carbons (Fsp3) is 0.391. The lowest BCUT2D eigenvalue weighted by Crippen LogP contribution is -2.33. The van der Waals surface area contributed by atoms with E-state index in [0.29, 0.717) is 13.0 Å². The van der Waals surface area contributed by atoms with Gasteiger partial charge in [0.05, 0.1) is 10.2 Å². The van der Waals surface area contributed by atoms with Gasteiger partial charge in [-0.2, -0.15) is 0 Å². The maximum Gasteiger partial charge on any atom is 0.228 e. The smallest absolute Gasteiger partial charge is 0.228 e. The molecule has 0 spiro atoms. The van der Waals surface area contributed by atoms with Crippen LogP contribution in [0.4, 0.5) is 5.13 Å². The first kappa shape index (κ1) is 25.9. The van der Waals surface area contributed by atoms with E-state index < -0.39 is 0 Å². The zero-order valence-corrected chi connectivity index (χ0v) is 21.3. The molecule has 0 aliphatic carbocycles. The summed E-state index contributed by atoms with van der Waals surface area (Å²) in [6, 6.07) is 14.1. The Morgan fingerprint density at radius 2 is 1.84 bits per heavy atom. The molecule has 1 aromatic heterocycles. The van der Waals surface area contributed by atoms with Gasteiger partial charge in [-0.05, 0) is 88.1 Å². The molecule has 8 heteroatoms. The Labute approximate surface area is 204 Å². The Hall–Kier alpha value is -1.31. The van der Waals surface area contributed by atoms with E-state index in [0.717, 1.165) is 45.5 Å². The number of anilines is 1. The number of aromatic nitrogens is 1. The highest BCUT2D eigenvalue weighted by Crippen LogP contribution is 2.30. The summed E-state index contributed by atoms with van der Waals surface area (Å²) in [4.78, 5) is 23.0. The number of rotatable bonds is 10. The molecule has 0 fully saturated rings. The van der Waals surface area contributed by atoms with Crippen molar-refractivity contribution < 1.29 is 4.79 Å². The van der Waals surface area contributed by atoms with Crippen LogP contribution < -0.4 is 4.90 Å². The lowest BCUT2D eigenvalue weighted by molar-refractivity contribution is -0.118. The number of thioether (sulfide) groups is 1. The number of halogens is 2. The molecule has 0 unspecified atom stereocenters. The first-order valence-corrected chi connectivity index (χ1v) is 12.3. The van der Waals surface area contributed by atoms with Crippen molar-refractivity contribution in [2.45, 2.75) is 31.1 Å². The summed E-state index contributed by atoms with van der Waals surface area (Å²) in [5.74, 6) is 1.05. The molecule has 0 aliphatic rings. The number of benzene rings is 2. The Bertz CT molecular complexity index is 977. The average molecular weight is 499 g/mol. The fourth-order valence-electron chi connectivity index (χ4n) is 3.09. The van der Waals surface area contributed by atoms with Gasteiger partial charge in [0.1, 0.15) is 0 Å². The van der Waals surface area contributed by atoms with Gasteiger partial charge in [0.15, 0.2) is 5.13 Å². The van der Waals surface area contributed by atoms with Crippen molar-refractivity contribution in [3.8, 4) is 0 Å². The van der Waals surface area contributed by atoms with Crippen molar-refractivity contribution in [1.29, 1.82) is 0 Å². The average Bonchev–Trinajstić information content (AvgIpc) is 3.12. The number of fused-ring (bicyclic) bond motifs is 1. The highest BCUT2D eigenvalue weighted by atomic mass is 35.5. The molecule has 0 saturated heterocycles. The topological polar surface area (TPSA) is 36.4 Å². The van der Waals surface area contributed by atoms with Gasteiger partial charge in [-0.25, -0.2) is 4.98 Å². The van der Waals surface area contributed by atoms with Crippen molar-refractivity contribution in [3.05, 3.63) is 53.1 Å². The van der Waals surface area contributed by atoms with Crippen LogP contribution in [0, 0.1) is 6.92 Å². The Morgan fingerprint density at radius 3 is 2.55 bits per heavy atom. The third-order valence-corrected chi connectivity index (χ3v) is 7.06. The zero-order valence-electron chi connectivity index (χ0n) is 18.1. The molecule has 168 valence electrons. The lowest BCUT2D eigenvalue weighted by Gasteiger charge is -2.21. The minimum atomic E-state index is 0. The summed E-state index contributed by atoms with van der Waals surface area (Å²) >= 11 is 9.30. The SMILES string of the molecule is Cc1ccc2nc(N(CCCN(C)C)C(=O)CCCSc3ccc(Cl)cc3)sc2c1.Cl. The highest BCUT2D eigenvalue weighted by Gasteiger charge is 2.19. The van der Waals surface area contributed by atoms with Crippen molar-refractivity contribution in [1.82, 2.24) is 9.88 Å². The van der Waals surface area contributed by atoms with Gasteiger partial charge < -0.3 is 4.90 Å². The minimum Gasteiger partial charge on any atom is -0.309 e. The van der Waals surface area contributed by atoms with Gasteiger partial charge in [0.2, 0.25) is 5.91 Å². The quantitative estimate of drug-likeness (QED) is 0.235. The molecule has 0 aliphatic heterocycles. The van der Waals surface area contributed by atoms with Crippen LogP contribution in [0.2, 0.25) is 5.02 Å². The normalized spacial score (nSPS) is 11.0. The maximum absolute atomic E-state index is 13.1. The third kappa shape index (κ3) is 7.95. The van der Waals surface area contributed by atoms with Crippen molar-refractivity contribution in [2.75, 3.05) is 37.8 Å². The summed E-state index contributed by atoms with van der Waals surface area (Å²) in [6.45, 7) is 3.72. The minimum absolute atomic E-state index is 0. The molecule has 0 N–H and O–H groups in total. The Balaban J connectivity index is 0.00000341. The van der Waals surface area contributed by atoms with Crippen LogP contribution in [0.3, 0.4) is 0 Å². The molecule has 3 aromatic rings. The van der Waals surface area contributed by atoms with Crippen molar-refractivity contribution in [3.63, 3.8) is 0 Å². The second-order valence-electron chi connectivity index (χ2n) is 7.58. The molecule has 1 amide bonds. The standard InChI is InChI=1S/C23H28ClN3OS2.ClH/c1-17-7-12-20-21(16-17)30-23(25-20)27(14-5-13-26(2)3)22(28)6-4-15-29-19-10-8-18(24)9-11-19;/h7-12,16H,4-6,13-15H2,1-3H3;1H. The number of amides is 1. The number of thiazole rings is 1. The second kappa shape index (κ2) is 12.7. The lowest BCUT2D eigenvalue weighted by atomic mass is 10.2. The molecule has 0 atom stereocenters. The van der Waals surface area contributed by atoms with E-state index in [2.05, 4.69) is 38.1 Å². The third-order valence-electron chi connectivity index (χ3n) is 4.67. The number of carbonyl (C=O) groups is 1. The monoisotopic (exact) mass is 497 g/mol. The molecule has 31 heavy (non-hydrogen) atoms. The molecule has 1 heterocycles. The van der Waals surface area contributed by atoms with Crippen molar-refractivity contribution >= 4 is 68.4 Å². The van der Waals surface area contributed by atoms with E-state index in [4.69, 9.17) is 16.6 Å². The first-order valence-electron chi connectivity index (χ1n) is 10.1. The molecule has 4 nitrogen and oxygen atoms in total. The first-order chi connectivity index (χ1) is 14.4. The summed E-state index contributed by atoms with van der Waals surface area (Å²) in [7, 11) is 4.11. The molecule has 2 aromatic carbocycles. The van der Waals surface area contributed by atoms with Crippen LogP contribution >= 0.6 is 47.1 Å². The molecule has 0 bridgehead atoms. The van der Waals surface area contributed by atoms with Gasteiger partial charge in [0.25, 0.3) is 0 Å². The van der Waals surface area contributed by atoms with Crippen molar-refractivity contribution in [2.24, 2.45) is 0 Å². The van der Waals surface area contributed by atoms with Gasteiger partial charge in [-0.3, -0.25) is 9.69 Å². The van der Waals surface area contributed by atoms with Crippen LogP contribution in [0.15, 0.2) is 47.4 Å². The molecule has 0 radical (unpaired) electrons. The predicted molar refractivity (Wildman–Crippen MR) is 139 cm³/mol. The maximum atomic E-state index is 13.1. The van der Waals surface area contributed by atoms with Gasteiger partial charge in [-0.15, -0.1) is 24.2 Å². The largest absolute Gasteiger partial charge is 0.309 e. The molecular formula is C23H29Cl2N3OS2. The number of hydrogen-bond acceptors (Lipinski definition) is 5. The summed E-state index contributed by atoms with van der Waals surface area (Å²) in [5, 5.41) is 1.55. The number of hydrogen-bond donors (Lipinski definition) is 0. The van der Waals surface area contributed by atoms with E-state index in [1.165, 1.54) is 10.5 Å². The summed E-state index contributed by atoms with van der Waals surface area (Å²) < 4.78 is 1.13. The highest BCUT2D eigenvalue weighted by molar-refractivity contribution is 7.99. The molecular weight excluding hydrogens is 469 g/mol. The van der Waals surface area contributed by atoms with E-state index in [1.807, 2.05) is 35.2 Å². The van der Waals surface area contributed by atoms with E-state index in [9.17, 15) is 4.79 Å². The van der Waals surface area contributed by atoms with E-state index in [1.54, 1.807) is 23.1 Å². The Morgan fingerprint density at radius 1 is 1.10 bits per heavy atom. The number of nitrogens with zero attached hydrogens (tertiary/aromatic N) is 3. The molecule has 3 rings (SSSR count). The fourth-order valence-corrected chi connectivity index (χ4v) is 5.17. The summed E-state index contributed by atoms with van der Waals surface area (Å²) in [6.07, 6.45) is 2.28. The Kier molecular flexibility index (Phi) is 10.6. The van der Waals surface area contributed by atoms with Crippen LogP contribution in [0.5, 0.6) is 0 Å². The number of aryl methyl sites for hydroxylation is 1. The zero-order chi connectivity index (χ0) is 21.5. The van der Waals surface area contributed by atoms with Crippen LogP contribution in [0.25, 0.3) is 10.2 Å². The molecule has 0 saturated carbocycles. The van der Waals surface area contributed by atoms with Gasteiger partial charge in [-0.1, -0.05) is 29.0 Å². The summed E-state index contributed by atoms with van der Waals surface area (Å²) in [5.41, 5.74) is 2.17. The number of carbonyl (C=O) groups excluding carboxylic acids is 1. The van der Waals surface area contributed by atoms with E-state index in [-0.39, 0.29) is 18.3 Å². The van der Waals surface area contributed by atoms with Gasteiger partial charge >= 0.3 is 0 Å². The van der Waals surface area contributed by atoms with Crippen LogP contribution in [-0.2, 0) is 4.79 Å². The second-order valence-corrected chi connectivity index (χ2v) is 10.2. The predicted octanol–water partition coefficient (Wildman–Crippen LogP) is 6.54. The van der Waals surface area contributed by atoms with Crippen LogP contribution in [-0.4, -0.2) is 48.7 Å². The van der Waals surface area contributed by atoms with E-state index >= 15 is 0 Å².